The van der Waals surface area contributed by atoms with Gasteiger partial charge >= 0.3 is 18.2 Å². The molecule has 2 atom stereocenters. The number of halogens is 4. The monoisotopic (exact) mass is 437 g/mol. The van der Waals surface area contributed by atoms with Crippen LogP contribution in [0, 0.1) is 17.7 Å². The molecule has 31 heavy (non-hydrogen) atoms. The Labute approximate surface area is 175 Å². The number of nitrogens with one attached hydrogen (secondary N) is 1. The molecule has 0 radical (unpaired) electrons. The number of nitrogens with zero attached hydrogens (tertiary/aromatic N) is 2. The third-order valence-corrected chi connectivity index (χ3v) is 5.78. The fraction of sp³-hybridized carbons (Fsp3) is 0.333. The first kappa shape index (κ1) is 21.0. The Bertz CT molecular complexity index is 1010. The van der Waals surface area contributed by atoms with Crippen LogP contribution in [0.5, 0.6) is 0 Å². The largest absolute Gasteiger partial charge is 0.478 e. The number of para-hydroxylation sites is 1. The maximum atomic E-state index is 13.3. The summed E-state index contributed by atoms with van der Waals surface area (Å²) in [6.45, 7) is 1.45. The molecule has 6 nitrogen and oxygen atoms in total. The first-order chi connectivity index (χ1) is 14.6. The summed E-state index contributed by atoms with van der Waals surface area (Å²) in [6.07, 6.45) is -4.45. The van der Waals surface area contributed by atoms with Gasteiger partial charge in [0, 0.05) is 43.7 Å². The average Bonchev–Trinajstić information content (AvgIpc) is 3.28. The van der Waals surface area contributed by atoms with Crippen molar-refractivity contribution in [3.63, 3.8) is 0 Å². The van der Waals surface area contributed by atoms with E-state index in [2.05, 4.69) is 5.32 Å². The number of urea groups is 1. The van der Waals surface area contributed by atoms with Crippen molar-refractivity contribution >= 4 is 23.4 Å². The van der Waals surface area contributed by atoms with Crippen LogP contribution in [0.1, 0.15) is 15.9 Å². The van der Waals surface area contributed by atoms with Gasteiger partial charge in [0.15, 0.2) is 0 Å². The minimum Gasteiger partial charge on any atom is -0.478 e. The Morgan fingerprint density at radius 2 is 1.65 bits per heavy atom. The molecule has 2 amide bonds. The number of carbonyl (C=O) groups is 2. The Morgan fingerprint density at radius 3 is 2.26 bits per heavy atom. The van der Waals surface area contributed by atoms with Gasteiger partial charge in [-0.25, -0.2) is 14.0 Å². The maximum absolute atomic E-state index is 13.3. The van der Waals surface area contributed by atoms with Gasteiger partial charge in [-0.15, -0.1) is 0 Å². The number of rotatable bonds is 3. The average molecular weight is 437 g/mol. The number of alkyl halides is 3. The van der Waals surface area contributed by atoms with Gasteiger partial charge in [0.1, 0.15) is 5.82 Å². The molecule has 0 unspecified atom stereocenters. The normalized spacial score (nSPS) is 20.6. The minimum atomic E-state index is -4.45. The minimum absolute atomic E-state index is 0.000739. The molecule has 0 saturated carbocycles. The number of hydrogen-bond acceptors (Lipinski definition) is 3. The van der Waals surface area contributed by atoms with Crippen molar-refractivity contribution in [2.75, 3.05) is 36.4 Å². The number of likely N-dealkylation sites (tertiary alicyclic amines) is 1. The Morgan fingerprint density at radius 1 is 1.00 bits per heavy atom. The summed E-state index contributed by atoms with van der Waals surface area (Å²) in [5, 5.41) is 11.7. The van der Waals surface area contributed by atoms with E-state index in [1.165, 1.54) is 23.1 Å². The Balaban J connectivity index is 1.43. The number of fused-ring (bicyclic) bond motifs is 1. The van der Waals surface area contributed by atoms with Gasteiger partial charge in [-0.05, 0) is 30.3 Å². The van der Waals surface area contributed by atoms with Crippen molar-refractivity contribution < 1.29 is 32.3 Å². The zero-order chi connectivity index (χ0) is 22.3. The number of hydrogen-bond donors (Lipinski definition) is 2. The number of carbonyl (C=O) groups excluding carboxylic acids is 1. The molecular weight excluding hydrogens is 418 g/mol. The van der Waals surface area contributed by atoms with Crippen molar-refractivity contribution in [3.8, 4) is 0 Å². The zero-order valence-electron chi connectivity index (χ0n) is 16.2. The van der Waals surface area contributed by atoms with Crippen LogP contribution in [-0.2, 0) is 6.18 Å². The highest BCUT2D eigenvalue weighted by Gasteiger charge is 2.44. The van der Waals surface area contributed by atoms with Crippen LogP contribution in [0.15, 0.2) is 42.5 Å². The van der Waals surface area contributed by atoms with Gasteiger partial charge in [-0.3, -0.25) is 0 Å². The van der Waals surface area contributed by atoms with E-state index in [0.717, 1.165) is 18.2 Å². The van der Waals surface area contributed by atoms with Gasteiger partial charge < -0.3 is 20.2 Å². The molecule has 2 saturated heterocycles. The van der Waals surface area contributed by atoms with Crippen molar-refractivity contribution in [3.05, 3.63) is 59.4 Å². The standard InChI is InChI=1S/C21H19F4N3O3/c22-14-5-6-17(15(7-14)19(29)30)26-20(31)28-10-12-8-27(9-13(12)11-28)18-4-2-1-3-16(18)21(23,24)25/h1-7,12-13H,8-11H2,(H,26,31)(H,29,30)/t12-,13+. The van der Waals surface area contributed by atoms with Crippen LogP contribution >= 0.6 is 0 Å². The molecule has 2 heterocycles. The van der Waals surface area contributed by atoms with Crippen molar-refractivity contribution in [2.24, 2.45) is 11.8 Å². The molecule has 2 aliphatic rings. The van der Waals surface area contributed by atoms with Crippen molar-refractivity contribution in [1.29, 1.82) is 0 Å². The molecule has 2 aromatic carbocycles. The lowest BCUT2D eigenvalue weighted by Gasteiger charge is -2.26. The lowest BCUT2D eigenvalue weighted by atomic mass is 10.0. The number of amides is 2. The van der Waals surface area contributed by atoms with Crippen LogP contribution in [0.25, 0.3) is 0 Å². The van der Waals surface area contributed by atoms with E-state index in [9.17, 15) is 32.3 Å². The number of carboxylic acid groups (broad SMARTS) is 1. The van der Waals surface area contributed by atoms with E-state index >= 15 is 0 Å². The van der Waals surface area contributed by atoms with Gasteiger partial charge in [0.05, 0.1) is 16.8 Å². The fourth-order valence-corrected chi connectivity index (χ4v) is 4.34. The highest BCUT2D eigenvalue weighted by Crippen LogP contribution is 2.40. The number of benzene rings is 2. The second-order valence-electron chi connectivity index (χ2n) is 7.77. The third-order valence-electron chi connectivity index (χ3n) is 5.78. The first-order valence-corrected chi connectivity index (χ1v) is 9.63. The topological polar surface area (TPSA) is 72.9 Å². The molecule has 2 fully saturated rings. The Hall–Kier alpha value is -3.30. The number of aromatic carboxylic acids is 1. The molecule has 2 aromatic rings. The van der Waals surface area contributed by atoms with E-state index in [-0.39, 0.29) is 28.8 Å². The SMILES string of the molecule is O=C(O)c1cc(F)ccc1NC(=O)N1C[C@@H]2CN(c3ccccc3C(F)(F)F)C[C@@H]2C1. The zero-order valence-corrected chi connectivity index (χ0v) is 16.2. The molecule has 4 rings (SSSR count). The molecule has 0 aliphatic carbocycles. The molecule has 2 aliphatic heterocycles. The summed E-state index contributed by atoms with van der Waals surface area (Å²) in [5.41, 5.74) is -0.917. The number of carboxylic acids is 1. The van der Waals surface area contributed by atoms with E-state index in [1.807, 2.05) is 0 Å². The van der Waals surface area contributed by atoms with Gasteiger partial charge in [-0.2, -0.15) is 13.2 Å². The third kappa shape index (κ3) is 4.14. The molecule has 0 aromatic heterocycles. The predicted molar refractivity (Wildman–Crippen MR) is 105 cm³/mol. The molecule has 0 bridgehead atoms. The van der Waals surface area contributed by atoms with E-state index in [1.54, 1.807) is 11.0 Å². The lowest BCUT2D eigenvalue weighted by molar-refractivity contribution is -0.137. The second kappa shape index (κ2) is 7.75. The van der Waals surface area contributed by atoms with E-state index < -0.39 is 29.6 Å². The Kier molecular flexibility index (Phi) is 5.24. The molecular formula is C21H19F4N3O3. The summed E-state index contributed by atoms with van der Waals surface area (Å²) in [4.78, 5) is 27.1. The quantitative estimate of drug-likeness (QED) is 0.708. The highest BCUT2D eigenvalue weighted by molar-refractivity contribution is 6.00. The maximum Gasteiger partial charge on any atom is 0.418 e. The summed E-state index contributed by atoms with van der Waals surface area (Å²) < 4.78 is 53.3. The van der Waals surface area contributed by atoms with Crippen molar-refractivity contribution in [2.45, 2.75) is 6.18 Å². The predicted octanol–water partition coefficient (Wildman–Crippen LogP) is 4.14. The van der Waals surface area contributed by atoms with E-state index in [0.29, 0.717) is 26.2 Å². The van der Waals surface area contributed by atoms with Crippen LogP contribution in [-0.4, -0.2) is 48.2 Å². The first-order valence-electron chi connectivity index (χ1n) is 9.63. The molecule has 0 spiro atoms. The van der Waals surface area contributed by atoms with Gasteiger partial charge in [0.25, 0.3) is 0 Å². The highest BCUT2D eigenvalue weighted by atomic mass is 19.4. The fourth-order valence-electron chi connectivity index (χ4n) is 4.34. The molecule has 10 heteroatoms. The smallest absolute Gasteiger partial charge is 0.418 e. The van der Waals surface area contributed by atoms with E-state index in [4.69, 9.17) is 0 Å². The number of anilines is 2. The van der Waals surface area contributed by atoms with Gasteiger partial charge in [0.2, 0.25) is 0 Å². The van der Waals surface area contributed by atoms with Crippen LogP contribution in [0.3, 0.4) is 0 Å². The van der Waals surface area contributed by atoms with Crippen LogP contribution in [0.4, 0.5) is 33.7 Å². The van der Waals surface area contributed by atoms with Crippen LogP contribution < -0.4 is 10.2 Å². The van der Waals surface area contributed by atoms with Crippen molar-refractivity contribution in [1.82, 2.24) is 4.90 Å². The van der Waals surface area contributed by atoms with Crippen LogP contribution in [0.2, 0.25) is 0 Å². The summed E-state index contributed by atoms with van der Waals surface area (Å²) in [7, 11) is 0. The second-order valence-corrected chi connectivity index (χ2v) is 7.77. The summed E-state index contributed by atoms with van der Waals surface area (Å²) in [5.74, 6) is -2.10. The summed E-state index contributed by atoms with van der Waals surface area (Å²) >= 11 is 0. The summed E-state index contributed by atoms with van der Waals surface area (Å²) in [6, 6.07) is 7.98. The molecule has 164 valence electrons. The lowest BCUT2D eigenvalue weighted by Crippen LogP contribution is -2.36. The van der Waals surface area contributed by atoms with Gasteiger partial charge in [-0.1, -0.05) is 12.1 Å². The molecule has 2 N–H and O–H groups in total.